The summed E-state index contributed by atoms with van der Waals surface area (Å²) >= 11 is 1.18. The molecular formula is C7H9NO5S. The van der Waals surface area contributed by atoms with Crippen LogP contribution in [0.2, 0.25) is 0 Å². The van der Waals surface area contributed by atoms with Crippen molar-refractivity contribution >= 4 is 29.5 Å². The maximum absolute atomic E-state index is 11.1. The zero-order valence-corrected chi connectivity index (χ0v) is 7.99. The summed E-state index contributed by atoms with van der Waals surface area (Å²) in [5.74, 6) is -2.04. The molecule has 1 aliphatic rings. The van der Waals surface area contributed by atoms with Crippen LogP contribution >= 0.6 is 11.8 Å². The minimum absolute atomic E-state index is 0.151. The van der Waals surface area contributed by atoms with Gasteiger partial charge in [0.1, 0.15) is 0 Å². The third-order valence-electron chi connectivity index (χ3n) is 1.69. The van der Waals surface area contributed by atoms with Crippen molar-refractivity contribution in [2.24, 2.45) is 0 Å². The van der Waals surface area contributed by atoms with Gasteiger partial charge in [0.2, 0.25) is 11.8 Å². The molecule has 1 atom stereocenters. The monoisotopic (exact) mass is 219 g/mol. The van der Waals surface area contributed by atoms with E-state index in [1.54, 1.807) is 0 Å². The SMILES string of the molecule is O=C(O)C(O)CN1C(=O)CSCC1=O. The molecule has 1 saturated heterocycles. The number of carbonyl (C=O) groups excluding carboxylic acids is 2. The number of carbonyl (C=O) groups is 3. The first-order chi connectivity index (χ1) is 6.52. The average molecular weight is 219 g/mol. The van der Waals surface area contributed by atoms with Crippen LogP contribution in [0.4, 0.5) is 0 Å². The van der Waals surface area contributed by atoms with E-state index in [9.17, 15) is 14.4 Å². The Morgan fingerprint density at radius 2 is 1.93 bits per heavy atom. The van der Waals surface area contributed by atoms with Crippen LogP contribution in [-0.4, -0.2) is 57.1 Å². The highest BCUT2D eigenvalue weighted by molar-refractivity contribution is 8.00. The molecule has 0 saturated carbocycles. The molecular weight excluding hydrogens is 210 g/mol. The second-order valence-corrected chi connectivity index (χ2v) is 3.73. The van der Waals surface area contributed by atoms with Crippen LogP contribution in [0.25, 0.3) is 0 Å². The van der Waals surface area contributed by atoms with Crippen molar-refractivity contribution in [2.45, 2.75) is 6.10 Å². The number of aliphatic hydroxyl groups excluding tert-OH is 1. The van der Waals surface area contributed by atoms with Gasteiger partial charge in [-0.25, -0.2) is 4.79 Å². The fourth-order valence-electron chi connectivity index (χ4n) is 0.975. The smallest absolute Gasteiger partial charge is 0.334 e. The summed E-state index contributed by atoms with van der Waals surface area (Å²) in [7, 11) is 0. The lowest BCUT2D eigenvalue weighted by Crippen LogP contribution is -2.48. The Labute approximate surface area is 83.9 Å². The normalized spacial score (nSPS) is 19.6. The Kier molecular flexibility index (Phi) is 3.48. The number of thioether (sulfide) groups is 1. The van der Waals surface area contributed by atoms with E-state index in [4.69, 9.17) is 10.2 Å². The van der Waals surface area contributed by atoms with E-state index in [1.165, 1.54) is 11.8 Å². The lowest BCUT2D eigenvalue weighted by atomic mass is 10.3. The molecule has 1 fully saturated rings. The van der Waals surface area contributed by atoms with Gasteiger partial charge in [0, 0.05) is 0 Å². The Balaban J connectivity index is 2.61. The maximum atomic E-state index is 11.1. The lowest BCUT2D eigenvalue weighted by molar-refractivity contribution is -0.151. The molecule has 0 aromatic rings. The Morgan fingerprint density at radius 3 is 2.36 bits per heavy atom. The molecule has 1 unspecified atom stereocenters. The summed E-state index contributed by atoms with van der Waals surface area (Å²) in [5.41, 5.74) is 0. The number of hydrogen-bond donors (Lipinski definition) is 2. The van der Waals surface area contributed by atoms with Crippen LogP contribution < -0.4 is 0 Å². The number of rotatable bonds is 3. The number of aliphatic hydroxyl groups is 1. The number of carboxylic acids is 1. The molecule has 1 heterocycles. The fraction of sp³-hybridized carbons (Fsp3) is 0.571. The van der Waals surface area contributed by atoms with E-state index < -0.39 is 30.4 Å². The van der Waals surface area contributed by atoms with Crippen molar-refractivity contribution in [1.82, 2.24) is 4.90 Å². The molecule has 2 amide bonds. The molecule has 6 nitrogen and oxygen atoms in total. The molecule has 0 aromatic carbocycles. The minimum Gasteiger partial charge on any atom is -0.479 e. The number of hydrogen-bond acceptors (Lipinski definition) is 5. The number of imide groups is 1. The molecule has 0 aromatic heterocycles. The molecule has 0 radical (unpaired) electrons. The lowest BCUT2D eigenvalue weighted by Gasteiger charge is -2.25. The van der Waals surface area contributed by atoms with Gasteiger partial charge >= 0.3 is 5.97 Å². The highest BCUT2D eigenvalue weighted by atomic mass is 32.2. The first-order valence-electron chi connectivity index (χ1n) is 3.84. The Morgan fingerprint density at radius 1 is 1.43 bits per heavy atom. The summed E-state index contributed by atoms with van der Waals surface area (Å²) in [4.78, 5) is 33.4. The molecule has 14 heavy (non-hydrogen) atoms. The number of nitrogens with zero attached hydrogens (tertiary/aromatic N) is 1. The van der Waals surface area contributed by atoms with Gasteiger partial charge in [-0.2, -0.15) is 0 Å². The van der Waals surface area contributed by atoms with Crippen molar-refractivity contribution in [3.8, 4) is 0 Å². The Hall–Kier alpha value is -1.08. The van der Waals surface area contributed by atoms with Gasteiger partial charge in [0.05, 0.1) is 18.1 Å². The number of amides is 2. The predicted molar refractivity (Wildman–Crippen MR) is 47.7 cm³/mol. The molecule has 1 rings (SSSR count). The van der Waals surface area contributed by atoms with Gasteiger partial charge in [-0.15, -0.1) is 11.8 Å². The summed E-state index contributed by atoms with van der Waals surface area (Å²) in [5, 5.41) is 17.3. The third-order valence-corrected chi connectivity index (χ3v) is 2.60. The van der Waals surface area contributed by atoms with Gasteiger partial charge in [0.15, 0.2) is 6.10 Å². The van der Waals surface area contributed by atoms with Crippen LogP contribution in [0.3, 0.4) is 0 Å². The molecule has 78 valence electrons. The zero-order valence-electron chi connectivity index (χ0n) is 7.17. The predicted octanol–water partition coefficient (Wildman–Crippen LogP) is -1.47. The van der Waals surface area contributed by atoms with Gasteiger partial charge in [-0.3, -0.25) is 14.5 Å². The molecule has 0 spiro atoms. The second kappa shape index (κ2) is 4.43. The summed E-state index contributed by atoms with van der Waals surface area (Å²) in [6.07, 6.45) is -1.70. The van der Waals surface area contributed by atoms with E-state index in [2.05, 4.69) is 0 Å². The second-order valence-electron chi connectivity index (χ2n) is 2.74. The van der Waals surface area contributed by atoms with Crippen LogP contribution in [0.1, 0.15) is 0 Å². The van der Waals surface area contributed by atoms with E-state index >= 15 is 0 Å². The van der Waals surface area contributed by atoms with E-state index in [1.807, 2.05) is 0 Å². The largest absolute Gasteiger partial charge is 0.479 e. The maximum Gasteiger partial charge on any atom is 0.334 e. The van der Waals surface area contributed by atoms with Gasteiger partial charge in [-0.1, -0.05) is 0 Å². The van der Waals surface area contributed by atoms with Crippen molar-refractivity contribution in [3.63, 3.8) is 0 Å². The molecule has 0 aliphatic carbocycles. The fourth-order valence-corrected chi connectivity index (χ4v) is 1.74. The van der Waals surface area contributed by atoms with E-state index in [0.717, 1.165) is 4.90 Å². The zero-order chi connectivity index (χ0) is 10.7. The molecule has 7 heteroatoms. The quantitative estimate of drug-likeness (QED) is 0.563. The molecule has 2 N–H and O–H groups in total. The highest BCUT2D eigenvalue weighted by Gasteiger charge is 2.30. The van der Waals surface area contributed by atoms with Crippen molar-refractivity contribution in [3.05, 3.63) is 0 Å². The standard InChI is InChI=1S/C7H9NO5S/c9-4(7(12)13)1-8-5(10)2-14-3-6(8)11/h4,9H,1-3H2,(H,12,13). The summed E-state index contributed by atoms with van der Waals surface area (Å²) in [6, 6.07) is 0. The summed E-state index contributed by atoms with van der Waals surface area (Å²) < 4.78 is 0. The van der Waals surface area contributed by atoms with Crippen molar-refractivity contribution in [1.29, 1.82) is 0 Å². The Bertz CT molecular complexity index is 263. The minimum atomic E-state index is -1.70. The molecule has 1 aliphatic heterocycles. The van der Waals surface area contributed by atoms with Gasteiger partial charge in [0.25, 0.3) is 0 Å². The van der Waals surface area contributed by atoms with Crippen molar-refractivity contribution < 1.29 is 24.6 Å². The molecule has 0 bridgehead atoms. The van der Waals surface area contributed by atoms with E-state index in [-0.39, 0.29) is 11.5 Å². The van der Waals surface area contributed by atoms with E-state index in [0.29, 0.717) is 0 Å². The topological polar surface area (TPSA) is 94.9 Å². The number of aliphatic carboxylic acids is 1. The van der Waals surface area contributed by atoms with Gasteiger partial charge in [-0.05, 0) is 0 Å². The summed E-state index contributed by atoms with van der Waals surface area (Å²) in [6.45, 7) is -0.465. The first-order valence-corrected chi connectivity index (χ1v) is 4.99. The highest BCUT2D eigenvalue weighted by Crippen LogP contribution is 2.12. The van der Waals surface area contributed by atoms with Crippen molar-refractivity contribution in [2.75, 3.05) is 18.1 Å². The van der Waals surface area contributed by atoms with Gasteiger partial charge < -0.3 is 10.2 Å². The van der Waals surface area contributed by atoms with Crippen LogP contribution in [0.15, 0.2) is 0 Å². The van der Waals surface area contributed by atoms with Crippen LogP contribution in [0.5, 0.6) is 0 Å². The van der Waals surface area contributed by atoms with Crippen LogP contribution in [-0.2, 0) is 14.4 Å². The van der Waals surface area contributed by atoms with Crippen LogP contribution in [0, 0.1) is 0 Å². The number of β-amino-alcohol motifs (C(OH)–C–C–N with tert-alkyl or cyclic N) is 1. The average Bonchev–Trinajstić information content (AvgIpc) is 2.11. The first kappa shape index (κ1) is 11.0. The third kappa shape index (κ3) is 2.46. The number of carboxylic acid groups (broad SMARTS) is 1.